The first kappa shape index (κ1) is 12.7. The van der Waals surface area contributed by atoms with Crippen LogP contribution in [0.25, 0.3) is 0 Å². The van der Waals surface area contributed by atoms with Crippen molar-refractivity contribution in [1.29, 1.82) is 0 Å². The second kappa shape index (κ2) is 7.00. The quantitative estimate of drug-likeness (QED) is 0.643. The van der Waals surface area contributed by atoms with Crippen molar-refractivity contribution in [3.05, 3.63) is 18.5 Å². The molecule has 0 aliphatic heterocycles. The summed E-state index contributed by atoms with van der Waals surface area (Å²) in [5, 5.41) is 4.13. The minimum atomic E-state index is -0.138. The summed E-state index contributed by atoms with van der Waals surface area (Å²) in [7, 11) is 3.46. The Balaban J connectivity index is 2.07. The number of methoxy groups -OCH3 is 1. The van der Waals surface area contributed by atoms with Crippen LogP contribution in [-0.4, -0.2) is 47.9 Å². The fourth-order valence-corrected chi connectivity index (χ4v) is 1.41. The van der Waals surface area contributed by atoms with E-state index < -0.39 is 0 Å². The highest BCUT2D eigenvalue weighted by molar-refractivity contribution is 5.69. The second-order valence-corrected chi connectivity index (χ2v) is 3.75. The van der Waals surface area contributed by atoms with Gasteiger partial charge in [0.25, 0.3) is 0 Å². The molecule has 0 aliphatic rings. The molecule has 0 saturated heterocycles. The highest BCUT2D eigenvalue weighted by Gasteiger charge is 2.02. The van der Waals surface area contributed by atoms with Gasteiger partial charge in [0.2, 0.25) is 0 Å². The number of ether oxygens (including phenoxy) is 1. The van der Waals surface area contributed by atoms with Crippen molar-refractivity contribution < 1.29 is 9.53 Å². The predicted molar refractivity (Wildman–Crippen MR) is 61.0 cm³/mol. The van der Waals surface area contributed by atoms with Gasteiger partial charge in [-0.25, -0.2) is 0 Å². The van der Waals surface area contributed by atoms with Crippen LogP contribution < -0.4 is 0 Å². The largest absolute Gasteiger partial charge is 0.469 e. The van der Waals surface area contributed by atoms with Crippen LogP contribution in [0.5, 0.6) is 0 Å². The molecule has 0 saturated carbocycles. The molecule has 0 N–H and O–H groups in total. The van der Waals surface area contributed by atoms with E-state index in [1.165, 1.54) is 7.11 Å². The number of aromatic nitrogens is 2. The van der Waals surface area contributed by atoms with Crippen LogP contribution in [0.1, 0.15) is 12.8 Å². The number of esters is 1. The zero-order valence-electron chi connectivity index (χ0n) is 9.93. The molecule has 90 valence electrons. The molecule has 0 atom stereocenters. The second-order valence-electron chi connectivity index (χ2n) is 3.75. The topological polar surface area (TPSA) is 47.4 Å². The van der Waals surface area contributed by atoms with Crippen LogP contribution in [0.4, 0.5) is 0 Å². The highest BCUT2D eigenvalue weighted by atomic mass is 16.5. The van der Waals surface area contributed by atoms with Crippen molar-refractivity contribution in [2.45, 2.75) is 19.4 Å². The van der Waals surface area contributed by atoms with E-state index in [0.29, 0.717) is 6.42 Å². The Morgan fingerprint density at radius 1 is 1.50 bits per heavy atom. The van der Waals surface area contributed by atoms with Crippen molar-refractivity contribution >= 4 is 5.97 Å². The van der Waals surface area contributed by atoms with Gasteiger partial charge in [0.15, 0.2) is 0 Å². The number of hydrogen-bond acceptors (Lipinski definition) is 4. The van der Waals surface area contributed by atoms with Crippen molar-refractivity contribution in [3.63, 3.8) is 0 Å². The van der Waals surface area contributed by atoms with E-state index in [1.54, 1.807) is 6.20 Å². The van der Waals surface area contributed by atoms with E-state index in [1.807, 2.05) is 24.0 Å². The molecule has 0 aliphatic carbocycles. The number of hydrogen-bond donors (Lipinski definition) is 0. The molecule has 1 aromatic rings. The summed E-state index contributed by atoms with van der Waals surface area (Å²) in [6.45, 7) is 2.71. The molecular formula is C11H19N3O2. The van der Waals surface area contributed by atoms with Crippen LogP contribution in [0.15, 0.2) is 18.5 Å². The molecule has 1 aromatic heterocycles. The lowest BCUT2D eigenvalue weighted by Crippen LogP contribution is -2.25. The lowest BCUT2D eigenvalue weighted by atomic mass is 10.3. The van der Waals surface area contributed by atoms with Gasteiger partial charge in [0.05, 0.1) is 13.7 Å². The maximum atomic E-state index is 10.9. The van der Waals surface area contributed by atoms with Gasteiger partial charge in [0, 0.05) is 25.4 Å². The lowest BCUT2D eigenvalue weighted by Gasteiger charge is -2.15. The van der Waals surface area contributed by atoms with Crippen molar-refractivity contribution in [3.8, 4) is 0 Å². The molecular weight excluding hydrogens is 206 g/mol. The van der Waals surface area contributed by atoms with E-state index in [4.69, 9.17) is 0 Å². The number of likely N-dealkylation sites (N-methyl/N-ethyl adjacent to an activating group) is 1. The number of carbonyl (C=O) groups is 1. The first-order valence-corrected chi connectivity index (χ1v) is 5.45. The van der Waals surface area contributed by atoms with Crippen molar-refractivity contribution in [1.82, 2.24) is 14.7 Å². The summed E-state index contributed by atoms with van der Waals surface area (Å²) in [6.07, 6.45) is 5.05. The lowest BCUT2D eigenvalue weighted by molar-refractivity contribution is -0.140. The van der Waals surface area contributed by atoms with Crippen molar-refractivity contribution in [2.24, 2.45) is 0 Å². The first-order valence-electron chi connectivity index (χ1n) is 5.45. The Morgan fingerprint density at radius 2 is 2.31 bits per heavy atom. The fourth-order valence-electron chi connectivity index (χ4n) is 1.41. The number of carbonyl (C=O) groups excluding carboxylic acids is 1. The summed E-state index contributed by atoms with van der Waals surface area (Å²) in [5.41, 5.74) is 0. The van der Waals surface area contributed by atoms with E-state index in [9.17, 15) is 4.79 Å². The van der Waals surface area contributed by atoms with Gasteiger partial charge in [0.1, 0.15) is 0 Å². The Morgan fingerprint density at radius 3 is 2.94 bits per heavy atom. The molecule has 0 unspecified atom stereocenters. The van der Waals surface area contributed by atoms with Gasteiger partial charge < -0.3 is 9.64 Å². The minimum Gasteiger partial charge on any atom is -0.469 e. The summed E-state index contributed by atoms with van der Waals surface area (Å²) in [4.78, 5) is 13.1. The van der Waals surface area contributed by atoms with E-state index >= 15 is 0 Å². The summed E-state index contributed by atoms with van der Waals surface area (Å²) >= 11 is 0. The molecule has 0 spiro atoms. The van der Waals surface area contributed by atoms with Gasteiger partial charge in [-0.3, -0.25) is 9.48 Å². The molecule has 16 heavy (non-hydrogen) atoms. The van der Waals surface area contributed by atoms with Crippen LogP contribution in [0.3, 0.4) is 0 Å². The molecule has 0 radical (unpaired) electrons. The summed E-state index contributed by atoms with van der Waals surface area (Å²) in [6, 6.07) is 1.91. The minimum absolute atomic E-state index is 0.138. The maximum absolute atomic E-state index is 10.9. The molecule has 5 nitrogen and oxygen atoms in total. The number of rotatable bonds is 7. The van der Waals surface area contributed by atoms with Crippen molar-refractivity contribution in [2.75, 3.05) is 27.2 Å². The average Bonchev–Trinajstić information content (AvgIpc) is 2.79. The Labute approximate surface area is 96.0 Å². The molecule has 0 amide bonds. The van der Waals surface area contributed by atoms with Gasteiger partial charge in [-0.05, 0) is 26.1 Å². The molecule has 0 fully saturated rings. The molecule has 0 aromatic carbocycles. The van der Waals surface area contributed by atoms with Crippen LogP contribution >= 0.6 is 0 Å². The highest BCUT2D eigenvalue weighted by Crippen LogP contribution is 1.95. The third kappa shape index (κ3) is 4.93. The Kier molecular flexibility index (Phi) is 5.56. The van der Waals surface area contributed by atoms with E-state index in [0.717, 1.165) is 26.1 Å². The van der Waals surface area contributed by atoms with Crippen LogP contribution in [0, 0.1) is 0 Å². The van der Waals surface area contributed by atoms with Crippen LogP contribution in [-0.2, 0) is 16.1 Å². The van der Waals surface area contributed by atoms with Gasteiger partial charge in [-0.15, -0.1) is 0 Å². The molecule has 0 bridgehead atoms. The summed E-state index contributed by atoms with van der Waals surface area (Å²) in [5.74, 6) is -0.138. The predicted octanol–water partition coefficient (Wildman–Crippen LogP) is 0.768. The fraction of sp³-hybridized carbons (Fsp3) is 0.636. The zero-order valence-corrected chi connectivity index (χ0v) is 9.93. The first-order chi connectivity index (χ1) is 7.72. The van der Waals surface area contributed by atoms with Gasteiger partial charge >= 0.3 is 5.97 Å². The van der Waals surface area contributed by atoms with E-state index in [-0.39, 0.29) is 5.97 Å². The summed E-state index contributed by atoms with van der Waals surface area (Å²) < 4.78 is 6.48. The molecule has 1 rings (SSSR count). The molecule has 5 heteroatoms. The smallest absolute Gasteiger partial charge is 0.305 e. The third-order valence-corrected chi connectivity index (χ3v) is 2.42. The normalized spacial score (nSPS) is 10.7. The third-order valence-electron chi connectivity index (χ3n) is 2.42. The number of nitrogens with zero attached hydrogens (tertiary/aromatic N) is 3. The standard InChI is InChI=1S/C11H19N3O2/c1-13(7-3-5-11(15)16-2)9-10-14-8-4-6-12-14/h4,6,8H,3,5,7,9-10H2,1-2H3. The van der Waals surface area contributed by atoms with Gasteiger partial charge in [-0.2, -0.15) is 5.10 Å². The SMILES string of the molecule is COC(=O)CCCN(C)CCn1cccn1. The molecule has 1 heterocycles. The van der Waals surface area contributed by atoms with Crippen LogP contribution in [0.2, 0.25) is 0 Å². The monoisotopic (exact) mass is 225 g/mol. The van der Waals surface area contributed by atoms with E-state index in [2.05, 4.69) is 14.7 Å². The van der Waals surface area contributed by atoms with Gasteiger partial charge in [-0.1, -0.05) is 0 Å². The maximum Gasteiger partial charge on any atom is 0.305 e. The average molecular weight is 225 g/mol. The zero-order chi connectivity index (χ0) is 11.8. The Bertz CT molecular complexity index is 298. The Hall–Kier alpha value is -1.36.